The van der Waals surface area contributed by atoms with E-state index in [4.69, 9.17) is 0 Å². The number of nitrogens with zero attached hydrogens (tertiary/aromatic N) is 3. The normalized spacial score (nSPS) is 12.2. The summed E-state index contributed by atoms with van der Waals surface area (Å²) in [5.74, 6) is -4.72. The SMILES string of the molecule is CCc1ncc(-c2cnc3[nH]cc(C(=O)c4ccc(F)c(NS(=O)(=O)CCC(F)(F)F)c4F)c3c2)cn1. The van der Waals surface area contributed by atoms with Gasteiger partial charge in [-0.2, -0.15) is 13.2 Å². The minimum Gasteiger partial charge on any atom is -0.345 e. The highest BCUT2D eigenvalue weighted by molar-refractivity contribution is 7.92. The van der Waals surface area contributed by atoms with Crippen LogP contribution in [0.4, 0.5) is 27.6 Å². The second-order valence-corrected chi connectivity index (χ2v) is 9.81. The third-order valence-corrected chi connectivity index (χ3v) is 6.63. The van der Waals surface area contributed by atoms with Crippen molar-refractivity contribution in [2.45, 2.75) is 25.9 Å². The number of rotatable bonds is 8. The predicted molar refractivity (Wildman–Crippen MR) is 124 cm³/mol. The lowest BCUT2D eigenvalue weighted by molar-refractivity contribution is -0.129. The monoisotopic (exact) mass is 539 g/mol. The maximum absolute atomic E-state index is 15.1. The number of carbonyl (C=O) groups excluding carboxylic acids is 1. The Kier molecular flexibility index (Phi) is 6.95. The fraction of sp³-hybridized carbons (Fsp3) is 0.217. The minimum absolute atomic E-state index is 0.0492. The highest BCUT2D eigenvalue weighted by Crippen LogP contribution is 2.30. The third kappa shape index (κ3) is 5.74. The number of pyridine rings is 1. The van der Waals surface area contributed by atoms with Crippen LogP contribution in [-0.4, -0.2) is 46.1 Å². The summed E-state index contributed by atoms with van der Waals surface area (Å²) in [6, 6.07) is 3.05. The summed E-state index contributed by atoms with van der Waals surface area (Å²) in [5.41, 5.74) is -0.548. The van der Waals surface area contributed by atoms with Crippen molar-refractivity contribution in [1.82, 2.24) is 19.9 Å². The maximum Gasteiger partial charge on any atom is 0.390 e. The number of hydrogen-bond acceptors (Lipinski definition) is 6. The topological polar surface area (TPSA) is 118 Å². The maximum atomic E-state index is 15.1. The smallest absolute Gasteiger partial charge is 0.345 e. The van der Waals surface area contributed by atoms with Crippen molar-refractivity contribution in [1.29, 1.82) is 0 Å². The van der Waals surface area contributed by atoms with Gasteiger partial charge >= 0.3 is 6.18 Å². The highest BCUT2D eigenvalue weighted by atomic mass is 32.2. The van der Waals surface area contributed by atoms with Crippen LogP contribution in [0.15, 0.2) is 43.0 Å². The number of aromatic amines is 1. The molecule has 0 saturated carbocycles. The number of aryl methyl sites for hydroxylation is 1. The van der Waals surface area contributed by atoms with Crippen LogP contribution < -0.4 is 4.72 Å². The molecule has 37 heavy (non-hydrogen) atoms. The second-order valence-electron chi connectivity index (χ2n) is 7.96. The van der Waals surface area contributed by atoms with Crippen molar-refractivity contribution in [2.75, 3.05) is 10.5 Å². The van der Waals surface area contributed by atoms with Gasteiger partial charge in [-0.15, -0.1) is 0 Å². The van der Waals surface area contributed by atoms with E-state index in [1.165, 1.54) is 17.1 Å². The van der Waals surface area contributed by atoms with Gasteiger partial charge in [-0.25, -0.2) is 32.2 Å². The summed E-state index contributed by atoms with van der Waals surface area (Å²) in [6.07, 6.45) is 0.0638. The molecule has 0 unspecified atom stereocenters. The van der Waals surface area contributed by atoms with Crippen LogP contribution in [0.3, 0.4) is 0 Å². The molecule has 194 valence electrons. The van der Waals surface area contributed by atoms with Gasteiger partial charge < -0.3 is 4.98 Å². The number of fused-ring (bicyclic) bond motifs is 1. The molecule has 0 radical (unpaired) electrons. The molecule has 1 aromatic carbocycles. The summed E-state index contributed by atoms with van der Waals surface area (Å²) >= 11 is 0. The molecule has 3 heterocycles. The van der Waals surface area contributed by atoms with Crippen LogP contribution in [0.1, 0.15) is 35.1 Å². The molecule has 3 aromatic heterocycles. The van der Waals surface area contributed by atoms with Gasteiger partial charge in [0, 0.05) is 53.3 Å². The van der Waals surface area contributed by atoms with Crippen molar-refractivity contribution in [3.05, 3.63) is 71.6 Å². The molecule has 4 aromatic rings. The summed E-state index contributed by atoms with van der Waals surface area (Å²) in [4.78, 5) is 28.6. The first kappa shape index (κ1) is 26.1. The van der Waals surface area contributed by atoms with Crippen LogP contribution in [-0.2, 0) is 16.4 Å². The molecule has 0 bridgehead atoms. The van der Waals surface area contributed by atoms with Gasteiger partial charge in [-0.05, 0) is 18.2 Å². The fourth-order valence-corrected chi connectivity index (χ4v) is 4.56. The summed E-state index contributed by atoms with van der Waals surface area (Å²) in [5, 5.41) is 0.290. The number of alkyl halides is 3. The van der Waals surface area contributed by atoms with E-state index in [9.17, 15) is 30.8 Å². The Labute approximate surface area is 207 Å². The quantitative estimate of drug-likeness (QED) is 0.246. The lowest BCUT2D eigenvalue weighted by atomic mass is 10.0. The summed E-state index contributed by atoms with van der Waals surface area (Å²) < 4.78 is 92.1. The number of carbonyl (C=O) groups is 1. The van der Waals surface area contributed by atoms with Crippen molar-refractivity contribution in [3.8, 4) is 11.1 Å². The van der Waals surface area contributed by atoms with E-state index in [0.717, 1.165) is 6.07 Å². The Bertz CT molecular complexity index is 1590. The number of H-pyrrole nitrogens is 1. The van der Waals surface area contributed by atoms with Crippen molar-refractivity contribution >= 4 is 32.5 Å². The molecular formula is C23H18F5N5O3S. The predicted octanol–water partition coefficient (Wildman–Crippen LogP) is 4.79. The van der Waals surface area contributed by atoms with Gasteiger partial charge in [-0.1, -0.05) is 6.92 Å². The molecule has 0 fully saturated rings. The largest absolute Gasteiger partial charge is 0.390 e. The van der Waals surface area contributed by atoms with Gasteiger partial charge in [0.15, 0.2) is 11.6 Å². The van der Waals surface area contributed by atoms with Crippen LogP contribution >= 0.6 is 0 Å². The first-order valence-corrected chi connectivity index (χ1v) is 12.4. The van der Waals surface area contributed by atoms with E-state index >= 15 is 4.39 Å². The van der Waals surface area contributed by atoms with Gasteiger partial charge in [0.25, 0.3) is 0 Å². The van der Waals surface area contributed by atoms with Crippen LogP contribution in [0, 0.1) is 11.6 Å². The number of aromatic nitrogens is 4. The fourth-order valence-electron chi connectivity index (χ4n) is 3.46. The Morgan fingerprint density at radius 3 is 2.35 bits per heavy atom. The number of halogens is 5. The average Bonchev–Trinajstić information content (AvgIpc) is 3.28. The summed E-state index contributed by atoms with van der Waals surface area (Å²) in [6.45, 7) is 1.90. The van der Waals surface area contributed by atoms with E-state index < -0.39 is 57.0 Å². The van der Waals surface area contributed by atoms with Crippen molar-refractivity contribution < 1.29 is 35.2 Å². The molecule has 14 heteroatoms. The highest BCUT2D eigenvalue weighted by Gasteiger charge is 2.31. The molecule has 0 amide bonds. The minimum atomic E-state index is -4.80. The molecule has 0 spiro atoms. The number of benzene rings is 1. The molecule has 8 nitrogen and oxygen atoms in total. The Morgan fingerprint density at radius 1 is 1.03 bits per heavy atom. The van der Waals surface area contributed by atoms with Gasteiger partial charge in [-0.3, -0.25) is 9.52 Å². The van der Waals surface area contributed by atoms with E-state index in [0.29, 0.717) is 29.4 Å². The van der Waals surface area contributed by atoms with Crippen molar-refractivity contribution in [3.63, 3.8) is 0 Å². The molecular weight excluding hydrogens is 521 g/mol. The second kappa shape index (κ2) is 9.84. The van der Waals surface area contributed by atoms with Crippen LogP contribution in [0.2, 0.25) is 0 Å². The van der Waals surface area contributed by atoms with Crippen LogP contribution in [0.5, 0.6) is 0 Å². The number of nitrogens with one attached hydrogen (secondary N) is 2. The molecule has 2 N–H and O–H groups in total. The average molecular weight is 539 g/mol. The van der Waals surface area contributed by atoms with E-state index in [1.54, 1.807) is 18.5 Å². The number of ketones is 1. The van der Waals surface area contributed by atoms with Crippen molar-refractivity contribution in [2.24, 2.45) is 0 Å². The van der Waals surface area contributed by atoms with Crippen LogP contribution in [0.25, 0.3) is 22.2 Å². The molecule has 4 rings (SSSR count). The first-order valence-electron chi connectivity index (χ1n) is 10.8. The zero-order valence-electron chi connectivity index (χ0n) is 19.0. The van der Waals surface area contributed by atoms with Gasteiger partial charge in [0.2, 0.25) is 10.0 Å². The van der Waals surface area contributed by atoms with Gasteiger partial charge in [0.05, 0.1) is 17.7 Å². The molecule has 0 aliphatic rings. The molecule has 0 aliphatic carbocycles. The van der Waals surface area contributed by atoms with E-state index in [2.05, 4.69) is 19.9 Å². The zero-order valence-corrected chi connectivity index (χ0v) is 19.8. The third-order valence-electron chi connectivity index (χ3n) is 5.38. The first-order chi connectivity index (χ1) is 17.4. The molecule has 0 aliphatic heterocycles. The Morgan fingerprint density at radius 2 is 1.70 bits per heavy atom. The Balaban J connectivity index is 1.69. The lowest BCUT2D eigenvalue weighted by Gasteiger charge is -2.13. The molecule has 0 atom stereocenters. The standard InChI is InChI=1S/C23H18F5N5O3S/c1-2-18-29-9-13(10-30-18)12-7-15-16(11-32-22(15)31-8-12)21(34)14-3-4-17(24)20(19(14)25)33-37(35,36)6-5-23(26,27)28/h3-4,7-11,33H,2,5-6H2,1H3,(H,31,32). The van der Waals surface area contributed by atoms with Gasteiger partial charge in [0.1, 0.15) is 23.0 Å². The Hall–Kier alpha value is -3.94. The zero-order chi connectivity index (χ0) is 27.0. The number of hydrogen-bond donors (Lipinski definition) is 2. The lowest BCUT2D eigenvalue weighted by Crippen LogP contribution is -2.23. The summed E-state index contributed by atoms with van der Waals surface area (Å²) in [7, 11) is -4.77. The van der Waals surface area contributed by atoms with E-state index in [-0.39, 0.29) is 16.6 Å². The molecule has 0 saturated heterocycles. The van der Waals surface area contributed by atoms with E-state index in [1.807, 2.05) is 6.92 Å². The number of sulfonamides is 1. The number of anilines is 1.